The van der Waals surface area contributed by atoms with Gasteiger partial charge in [-0.05, 0) is 25.4 Å². The molecule has 1 rings (SSSR count). The van der Waals surface area contributed by atoms with Crippen LogP contribution in [0.2, 0.25) is 0 Å². The Hall–Kier alpha value is -1.14. The Morgan fingerprint density at radius 1 is 1.35 bits per heavy atom. The number of hydrogen-bond acceptors (Lipinski definition) is 4. The molecular weight excluding hydrogens is 220 g/mol. The summed E-state index contributed by atoms with van der Waals surface area (Å²) in [6.07, 6.45) is 1.08. The molecule has 0 radical (unpaired) electrons. The highest BCUT2D eigenvalue weighted by atomic mass is 16.2. The monoisotopic (exact) mass is 242 g/mol. The summed E-state index contributed by atoms with van der Waals surface area (Å²) in [4.78, 5) is 24.3. The fourth-order valence-electron chi connectivity index (χ4n) is 1.95. The summed E-state index contributed by atoms with van der Waals surface area (Å²) in [5.41, 5.74) is 5.59. The molecule has 6 nitrogen and oxygen atoms in total. The van der Waals surface area contributed by atoms with E-state index in [9.17, 15) is 9.59 Å². The number of nitrogens with zero attached hydrogens (tertiary/aromatic N) is 1. The second kappa shape index (κ2) is 7.24. The van der Waals surface area contributed by atoms with Crippen LogP contribution in [0.1, 0.15) is 13.3 Å². The van der Waals surface area contributed by atoms with Crippen molar-refractivity contribution < 1.29 is 9.59 Å². The van der Waals surface area contributed by atoms with Crippen LogP contribution in [0.15, 0.2) is 0 Å². The van der Waals surface area contributed by atoms with Gasteiger partial charge in [0.25, 0.3) is 0 Å². The second-order valence-corrected chi connectivity index (χ2v) is 4.46. The fourth-order valence-corrected chi connectivity index (χ4v) is 1.95. The van der Waals surface area contributed by atoms with E-state index in [1.807, 2.05) is 0 Å². The summed E-state index contributed by atoms with van der Waals surface area (Å²) in [5.74, 6) is 0.458. The first-order valence-electron chi connectivity index (χ1n) is 6.05. The molecular formula is C11H22N4O2. The number of hydrogen-bond donors (Lipinski definition) is 3. The van der Waals surface area contributed by atoms with Crippen molar-refractivity contribution in [3.8, 4) is 0 Å². The number of nitrogens with two attached hydrogens (primary N) is 1. The summed E-state index contributed by atoms with van der Waals surface area (Å²) < 4.78 is 0. The molecule has 17 heavy (non-hydrogen) atoms. The zero-order chi connectivity index (χ0) is 12.7. The summed E-state index contributed by atoms with van der Waals surface area (Å²) in [7, 11) is 0. The van der Waals surface area contributed by atoms with E-state index in [0.29, 0.717) is 32.1 Å². The normalized spacial score (nSPS) is 20.2. The maximum atomic E-state index is 11.5. The average molecular weight is 242 g/mol. The fraction of sp³-hybridized carbons (Fsp3) is 0.818. The van der Waals surface area contributed by atoms with E-state index in [0.717, 1.165) is 19.5 Å². The van der Waals surface area contributed by atoms with Crippen LogP contribution >= 0.6 is 0 Å². The summed E-state index contributed by atoms with van der Waals surface area (Å²) in [6, 6.07) is 0. The summed E-state index contributed by atoms with van der Waals surface area (Å²) in [6.45, 7) is 5.39. The number of likely N-dealkylation sites (tertiary alicyclic amines) is 1. The van der Waals surface area contributed by atoms with Crippen molar-refractivity contribution in [3.05, 3.63) is 0 Å². The molecule has 1 unspecified atom stereocenters. The minimum absolute atomic E-state index is 0.00743. The van der Waals surface area contributed by atoms with Gasteiger partial charge >= 0.3 is 0 Å². The Morgan fingerprint density at radius 3 is 2.65 bits per heavy atom. The van der Waals surface area contributed by atoms with Gasteiger partial charge in [-0.3, -0.25) is 14.5 Å². The van der Waals surface area contributed by atoms with Crippen LogP contribution in [0, 0.1) is 5.92 Å². The Labute approximate surface area is 102 Å². The van der Waals surface area contributed by atoms with Crippen LogP contribution in [0.4, 0.5) is 0 Å². The van der Waals surface area contributed by atoms with Crippen LogP contribution in [-0.4, -0.2) is 56.0 Å². The van der Waals surface area contributed by atoms with Crippen molar-refractivity contribution in [2.75, 3.05) is 39.3 Å². The number of carbonyl (C=O) groups is 2. The van der Waals surface area contributed by atoms with Crippen molar-refractivity contribution in [3.63, 3.8) is 0 Å². The van der Waals surface area contributed by atoms with Gasteiger partial charge in [0.05, 0.1) is 6.54 Å². The van der Waals surface area contributed by atoms with Gasteiger partial charge in [0.2, 0.25) is 11.8 Å². The molecule has 0 aromatic heterocycles. The highest BCUT2D eigenvalue weighted by molar-refractivity contribution is 5.78. The molecule has 98 valence electrons. The maximum Gasteiger partial charge on any atom is 0.234 e. The first kappa shape index (κ1) is 13.9. The van der Waals surface area contributed by atoms with Crippen molar-refractivity contribution in [1.29, 1.82) is 0 Å². The van der Waals surface area contributed by atoms with Gasteiger partial charge in [-0.1, -0.05) is 0 Å². The quantitative estimate of drug-likeness (QED) is 0.496. The largest absolute Gasteiger partial charge is 0.355 e. The number of rotatable bonds is 6. The van der Waals surface area contributed by atoms with Gasteiger partial charge in [-0.25, -0.2) is 0 Å². The average Bonchev–Trinajstić information content (AvgIpc) is 2.72. The molecule has 0 saturated carbocycles. The third-order valence-corrected chi connectivity index (χ3v) is 2.89. The molecule has 1 aliphatic rings. The van der Waals surface area contributed by atoms with Gasteiger partial charge in [0, 0.05) is 26.6 Å². The predicted molar refractivity (Wildman–Crippen MR) is 65.3 cm³/mol. The molecule has 1 heterocycles. The van der Waals surface area contributed by atoms with Gasteiger partial charge in [0.1, 0.15) is 0 Å². The van der Waals surface area contributed by atoms with E-state index >= 15 is 0 Å². The lowest BCUT2D eigenvalue weighted by Gasteiger charge is -2.15. The maximum absolute atomic E-state index is 11.5. The van der Waals surface area contributed by atoms with E-state index in [4.69, 9.17) is 5.73 Å². The summed E-state index contributed by atoms with van der Waals surface area (Å²) >= 11 is 0. The Kier molecular flexibility index (Phi) is 5.93. The number of amides is 2. The molecule has 0 aromatic rings. The molecule has 1 fully saturated rings. The summed E-state index contributed by atoms with van der Waals surface area (Å²) in [5, 5.41) is 5.40. The smallest absolute Gasteiger partial charge is 0.234 e. The standard InChI is InChI=1S/C11H22N4O2/c1-9(16)13-3-4-14-11(17)8-15-5-2-10(6-12)7-15/h10H,2-8,12H2,1H3,(H,13,16)(H,14,17). The third-order valence-electron chi connectivity index (χ3n) is 2.89. The molecule has 1 aliphatic heterocycles. The molecule has 1 saturated heterocycles. The van der Waals surface area contributed by atoms with Crippen LogP contribution in [0.3, 0.4) is 0 Å². The van der Waals surface area contributed by atoms with Crippen molar-refractivity contribution in [1.82, 2.24) is 15.5 Å². The van der Waals surface area contributed by atoms with Crippen molar-refractivity contribution in [2.45, 2.75) is 13.3 Å². The number of nitrogens with one attached hydrogen (secondary N) is 2. The molecule has 4 N–H and O–H groups in total. The van der Waals surface area contributed by atoms with E-state index in [1.54, 1.807) is 0 Å². The topological polar surface area (TPSA) is 87.5 Å². The van der Waals surface area contributed by atoms with Crippen LogP contribution in [-0.2, 0) is 9.59 Å². The lowest BCUT2D eigenvalue weighted by Crippen LogP contribution is -2.39. The minimum Gasteiger partial charge on any atom is -0.355 e. The highest BCUT2D eigenvalue weighted by Gasteiger charge is 2.22. The first-order valence-corrected chi connectivity index (χ1v) is 6.05. The molecule has 0 bridgehead atoms. The van der Waals surface area contributed by atoms with Gasteiger partial charge in [-0.15, -0.1) is 0 Å². The van der Waals surface area contributed by atoms with Crippen molar-refractivity contribution in [2.24, 2.45) is 11.7 Å². The first-order chi connectivity index (χ1) is 8.11. The van der Waals surface area contributed by atoms with E-state index < -0.39 is 0 Å². The van der Waals surface area contributed by atoms with Crippen LogP contribution < -0.4 is 16.4 Å². The third kappa shape index (κ3) is 5.65. The zero-order valence-electron chi connectivity index (χ0n) is 10.4. The van der Waals surface area contributed by atoms with Gasteiger partial charge in [-0.2, -0.15) is 0 Å². The minimum atomic E-state index is -0.0791. The van der Waals surface area contributed by atoms with Crippen LogP contribution in [0.5, 0.6) is 0 Å². The lowest BCUT2D eigenvalue weighted by molar-refractivity contribution is -0.122. The Morgan fingerprint density at radius 2 is 2.06 bits per heavy atom. The van der Waals surface area contributed by atoms with E-state index in [2.05, 4.69) is 15.5 Å². The Bertz CT molecular complexity index is 270. The Balaban J connectivity index is 2.07. The molecule has 2 amide bonds. The SMILES string of the molecule is CC(=O)NCCNC(=O)CN1CCC(CN)C1. The molecule has 0 aromatic carbocycles. The van der Waals surface area contributed by atoms with Gasteiger partial charge in [0.15, 0.2) is 0 Å². The number of carbonyl (C=O) groups excluding carboxylic acids is 2. The highest BCUT2D eigenvalue weighted by Crippen LogP contribution is 2.13. The van der Waals surface area contributed by atoms with Gasteiger partial charge < -0.3 is 16.4 Å². The molecule has 1 atom stereocenters. The zero-order valence-corrected chi connectivity index (χ0v) is 10.4. The van der Waals surface area contributed by atoms with Crippen molar-refractivity contribution >= 4 is 11.8 Å². The lowest BCUT2D eigenvalue weighted by atomic mass is 10.1. The van der Waals surface area contributed by atoms with E-state index in [-0.39, 0.29) is 11.8 Å². The molecule has 6 heteroatoms. The second-order valence-electron chi connectivity index (χ2n) is 4.46. The van der Waals surface area contributed by atoms with E-state index in [1.165, 1.54) is 6.92 Å². The molecule has 0 spiro atoms. The van der Waals surface area contributed by atoms with Crippen LogP contribution in [0.25, 0.3) is 0 Å². The predicted octanol–water partition coefficient (Wildman–Crippen LogP) is -1.48. The molecule has 0 aliphatic carbocycles.